The van der Waals surface area contributed by atoms with Crippen molar-refractivity contribution in [1.29, 1.82) is 0 Å². The van der Waals surface area contributed by atoms with E-state index >= 15 is 0 Å². The third-order valence-electron chi connectivity index (χ3n) is 4.05. The molecule has 1 aromatic carbocycles. The fourth-order valence-corrected chi connectivity index (χ4v) is 2.79. The average Bonchev–Trinajstić information content (AvgIpc) is 2.68. The highest BCUT2D eigenvalue weighted by molar-refractivity contribution is 5.92. The number of anilines is 1. The van der Waals surface area contributed by atoms with Crippen LogP contribution in [0.5, 0.6) is 5.75 Å². The average molecular weight is 356 g/mol. The highest BCUT2D eigenvalue weighted by atomic mass is 16.5. The molecular formula is C20H28N4O2. The second-order valence-electron chi connectivity index (χ2n) is 6.06. The molecule has 6 nitrogen and oxygen atoms in total. The monoisotopic (exact) mass is 356 g/mol. The molecule has 1 aromatic heterocycles. The van der Waals surface area contributed by atoms with E-state index < -0.39 is 0 Å². The Morgan fingerprint density at radius 2 is 1.85 bits per heavy atom. The molecule has 1 N–H and O–H groups in total. The van der Waals surface area contributed by atoms with Gasteiger partial charge in [0.05, 0.1) is 19.5 Å². The van der Waals surface area contributed by atoms with E-state index in [4.69, 9.17) is 4.74 Å². The zero-order valence-electron chi connectivity index (χ0n) is 15.9. The molecular weight excluding hydrogens is 328 g/mol. The molecule has 0 fully saturated rings. The van der Waals surface area contributed by atoms with Crippen LogP contribution in [0.25, 0.3) is 0 Å². The minimum Gasteiger partial charge on any atom is -0.496 e. The van der Waals surface area contributed by atoms with Crippen LogP contribution >= 0.6 is 0 Å². The minimum absolute atomic E-state index is 0.212. The summed E-state index contributed by atoms with van der Waals surface area (Å²) in [7, 11) is 1.65. The maximum absolute atomic E-state index is 12.3. The van der Waals surface area contributed by atoms with Crippen LogP contribution in [0.2, 0.25) is 0 Å². The van der Waals surface area contributed by atoms with Crippen LogP contribution in [-0.4, -0.2) is 42.6 Å². The Hall–Kier alpha value is -2.63. The van der Waals surface area contributed by atoms with Gasteiger partial charge in [-0.05, 0) is 30.9 Å². The number of ether oxygens (including phenoxy) is 1. The summed E-state index contributed by atoms with van der Waals surface area (Å²) in [4.78, 5) is 23.2. The van der Waals surface area contributed by atoms with Crippen molar-refractivity contribution in [3.63, 3.8) is 0 Å². The number of hydrogen-bond acceptors (Lipinski definition) is 5. The standard InChI is InChI=1S/C20H28N4O2/c1-4-12-24(13-5-2)19-15-22-17(14-23-19)20(25)21-11-10-16-8-6-7-9-18(16)26-3/h6-9,14-15H,4-5,10-13H2,1-3H3,(H,21,25). The lowest BCUT2D eigenvalue weighted by Crippen LogP contribution is -2.28. The first-order chi connectivity index (χ1) is 12.7. The summed E-state index contributed by atoms with van der Waals surface area (Å²) in [5.41, 5.74) is 1.40. The molecule has 0 aliphatic carbocycles. The van der Waals surface area contributed by atoms with E-state index in [-0.39, 0.29) is 5.91 Å². The maximum Gasteiger partial charge on any atom is 0.271 e. The summed E-state index contributed by atoms with van der Waals surface area (Å²) >= 11 is 0. The number of amides is 1. The molecule has 140 valence electrons. The zero-order chi connectivity index (χ0) is 18.8. The normalized spacial score (nSPS) is 10.4. The lowest BCUT2D eigenvalue weighted by molar-refractivity contribution is 0.0948. The number of aromatic nitrogens is 2. The molecule has 2 aromatic rings. The molecule has 0 radical (unpaired) electrons. The van der Waals surface area contributed by atoms with Gasteiger partial charge >= 0.3 is 0 Å². The van der Waals surface area contributed by atoms with E-state index in [2.05, 4.69) is 34.0 Å². The number of carbonyl (C=O) groups excluding carboxylic acids is 1. The number of nitrogens with zero attached hydrogens (tertiary/aromatic N) is 3. The highest BCUT2D eigenvalue weighted by Gasteiger charge is 2.11. The van der Waals surface area contributed by atoms with Crippen molar-refractivity contribution < 1.29 is 9.53 Å². The number of methoxy groups -OCH3 is 1. The van der Waals surface area contributed by atoms with Crippen LogP contribution in [0, 0.1) is 0 Å². The van der Waals surface area contributed by atoms with Crippen molar-refractivity contribution in [3.8, 4) is 5.75 Å². The molecule has 0 aliphatic heterocycles. The molecule has 0 atom stereocenters. The van der Waals surface area contributed by atoms with Crippen LogP contribution in [0.4, 0.5) is 5.82 Å². The maximum atomic E-state index is 12.3. The molecule has 1 heterocycles. The number of hydrogen-bond donors (Lipinski definition) is 1. The summed E-state index contributed by atoms with van der Waals surface area (Å²) in [6.45, 7) is 6.67. The Balaban J connectivity index is 1.91. The van der Waals surface area contributed by atoms with Gasteiger partial charge in [-0.3, -0.25) is 4.79 Å². The van der Waals surface area contributed by atoms with Crippen LogP contribution in [0.1, 0.15) is 42.7 Å². The van der Waals surface area contributed by atoms with Gasteiger partial charge in [0.2, 0.25) is 0 Å². The summed E-state index contributed by atoms with van der Waals surface area (Å²) in [5.74, 6) is 1.44. The van der Waals surface area contributed by atoms with Gasteiger partial charge in [0, 0.05) is 19.6 Å². The molecule has 2 rings (SSSR count). The number of nitrogens with one attached hydrogen (secondary N) is 1. The summed E-state index contributed by atoms with van der Waals surface area (Å²) in [6, 6.07) is 7.80. The second-order valence-corrected chi connectivity index (χ2v) is 6.06. The van der Waals surface area contributed by atoms with Gasteiger partial charge < -0.3 is 15.0 Å². The highest BCUT2D eigenvalue weighted by Crippen LogP contribution is 2.17. The number of para-hydroxylation sites is 1. The molecule has 0 saturated carbocycles. The summed E-state index contributed by atoms with van der Waals surface area (Å²) in [5, 5.41) is 2.89. The largest absolute Gasteiger partial charge is 0.496 e. The van der Waals surface area contributed by atoms with Gasteiger partial charge in [0.15, 0.2) is 0 Å². The number of carbonyl (C=O) groups is 1. The first-order valence-corrected chi connectivity index (χ1v) is 9.16. The van der Waals surface area contributed by atoms with Crippen molar-refractivity contribution >= 4 is 11.7 Å². The van der Waals surface area contributed by atoms with E-state index in [1.54, 1.807) is 19.5 Å². The van der Waals surface area contributed by atoms with Gasteiger partial charge in [0.25, 0.3) is 5.91 Å². The summed E-state index contributed by atoms with van der Waals surface area (Å²) < 4.78 is 5.32. The quantitative estimate of drug-likeness (QED) is 0.708. The molecule has 0 bridgehead atoms. The molecule has 0 aliphatic rings. The molecule has 0 unspecified atom stereocenters. The topological polar surface area (TPSA) is 67.4 Å². The Morgan fingerprint density at radius 3 is 2.46 bits per heavy atom. The van der Waals surface area contributed by atoms with Crippen molar-refractivity contribution in [2.45, 2.75) is 33.1 Å². The van der Waals surface area contributed by atoms with E-state index in [1.165, 1.54) is 0 Å². The van der Waals surface area contributed by atoms with Gasteiger partial charge in [-0.15, -0.1) is 0 Å². The van der Waals surface area contributed by atoms with E-state index in [1.807, 2.05) is 24.3 Å². The lowest BCUT2D eigenvalue weighted by atomic mass is 10.1. The van der Waals surface area contributed by atoms with E-state index in [0.717, 1.165) is 43.1 Å². The zero-order valence-corrected chi connectivity index (χ0v) is 15.9. The van der Waals surface area contributed by atoms with Gasteiger partial charge in [-0.1, -0.05) is 32.0 Å². The predicted molar refractivity (Wildman–Crippen MR) is 104 cm³/mol. The molecule has 0 spiro atoms. The summed E-state index contributed by atoms with van der Waals surface area (Å²) in [6.07, 6.45) is 6.02. The fraction of sp³-hybridized carbons (Fsp3) is 0.450. The Morgan fingerprint density at radius 1 is 1.12 bits per heavy atom. The Kier molecular flexibility index (Phi) is 7.86. The molecule has 6 heteroatoms. The van der Waals surface area contributed by atoms with Crippen LogP contribution in [-0.2, 0) is 6.42 Å². The molecule has 26 heavy (non-hydrogen) atoms. The number of benzene rings is 1. The Bertz CT molecular complexity index is 682. The van der Waals surface area contributed by atoms with Gasteiger partial charge in [-0.2, -0.15) is 0 Å². The van der Waals surface area contributed by atoms with E-state index in [0.29, 0.717) is 18.7 Å². The SMILES string of the molecule is CCCN(CCC)c1cnc(C(=O)NCCc2ccccc2OC)cn1. The van der Waals surface area contributed by atoms with E-state index in [9.17, 15) is 4.79 Å². The van der Waals surface area contributed by atoms with Crippen molar-refractivity contribution in [1.82, 2.24) is 15.3 Å². The third-order valence-corrected chi connectivity index (χ3v) is 4.05. The second kappa shape index (κ2) is 10.4. The molecule has 0 saturated heterocycles. The smallest absolute Gasteiger partial charge is 0.271 e. The van der Waals surface area contributed by atoms with Gasteiger partial charge in [-0.25, -0.2) is 9.97 Å². The van der Waals surface area contributed by atoms with Crippen molar-refractivity contribution in [2.24, 2.45) is 0 Å². The first kappa shape index (κ1) is 19.7. The van der Waals surface area contributed by atoms with Crippen LogP contribution < -0.4 is 15.0 Å². The predicted octanol–water partition coefficient (Wildman–Crippen LogP) is 3.08. The van der Waals surface area contributed by atoms with Gasteiger partial charge in [0.1, 0.15) is 17.3 Å². The van der Waals surface area contributed by atoms with Crippen molar-refractivity contribution in [3.05, 3.63) is 47.9 Å². The van der Waals surface area contributed by atoms with Crippen LogP contribution in [0.3, 0.4) is 0 Å². The fourth-order valence-electron chi connectivity index (χ4n) is 2.79. The third kappa shape index (κ3) is 5.44. The Labute approximate surface area is 155 Å². The van der Waals surface area contributed by atoms with Crippen molar-refractivity contribution in [2.75, 3.05) is 31.6 Å². The van der Waals surface area contributed by atoms with Crippen LogP contribution in [0.15, 0.2) is 36.7 Å². The lowest BCUT2D eigenvalue weighted by Gasteiger charge is -2.22. The number of rotatable bonds is 10. The molecule has 1 amide bonds. The first-order valence-electron chi connectivity index (χ1n) is 9.16. The minimum atomic E-state index is -0.212.